The Labute approximate surface area is 176 Å². The van der Waals surface area contributed by atoms with Crippen LogP contribution in [0.15, 0.2) is 99.3 Å². The van der Waals surface area contributed by atoms with Gasteiger partial charge in [-0.25, -0.2) is 4.39 Å². The maximum absolute atomic E-state index is 13.1. The molecule has 0 unspecified atom stereocenters. The number of rotatable bonds is 5. The van der Waals surface area contributed by atoms with Gasteiger partial charge in [-0.15, -0.1) is 5.10 Å². The second-order valence-electron chi connectivity index (χ2n) is 6.48. The smallest absolute Gasteiger partial charge is 0.276 e. The van der Waals surface area contributed by atoms with E-state index < -0.39 is 21.7 Å². The largest absolute Gasteiger partial charge is 0.436 e. The zero-order valence-electron chi connectivity index (χ0n) is 15.9. The van der Waals surface area contributed by atoms with E-state index in [4.69, 9.17) is 4.42 Å². The van der Waals surface area contributed by atoms with Gasteiger partial charge in [0.2, 0.25) is 5.55 Å². The van der Waals surface area contributed by atoms with Crippen molar-refractivity contribution in [1.82, 2.24) is 4.83 Å². The second-order valence-corrected chi connectivity index (χ2v) is 8.14. The molecule has 0 fully saturated rings. The van der Waals surface area contributed by atoms with E-state index in [9.17, 15) is 17.6 Å². The molecule has 4 aromatic rings. The van der Waals surface area contributed by atoms with Gasteiger partial charge in [-0.1, -0.05) is 36.4 Å². The fourth-order valence-electron chi connectivity index (χ4n) is 2.80. The van der Waals surface area contributed by atoms with Gasteiger partial charge in [-0.2, -0.15) is 13.2 Å². The molecule has 0 atom stereocenters. The summed E-state index contributed by atoms with van der Waals surface area (Å²) in [4.78, 5) is 15.0. The minimum atomic E-state index is -3.97. The number of para-hydroxylation sites is 1. The Bertz CT molecular complexity index is 1420. The summed E-state index contributed by atoms with van der Waals surface area (Å²) in [6.07, 6.45) is 0. The van der Waals surface area contributed by atoms with Crippen molar-refractivity contribution in [3.05, 3.63) is 102 Å². The maximum Gasteiger partial charge on any atom is 0.276 e. The number of halogens is 1. The first kappa shape index (κ1) is 20.3. The summed E-state index contributed by atoms with van der Waals surface area (Å²) in [6.45, 7) is 0. The van der Waals surface area contributed by atoms with Gasteiger partial charge in [0.05, 0.1) is 4.90 Å². The fraction of sp³-hybridized carbons (Fsp3) is 0. The quantitative estimate of drug-likeness (QED) is 0.466. The molecule has 7 nitrogen and oxygen atoms in total. The molecule has 0 aliphatic heterocycles. The van der Waals surface area contributed by atoms with Gasteiger partial charge < -0.3 is 9.73 Å². The van der Waals surface area contributed by atoms with E-state index in [0.29, 0.717) is 16.7 Å². The van der Waals surface area contributed by atoms with Crippen molar-refractivity contribution < 1.29 is 22.0 Å². The summed E-state index contributed by atoms with van der Waals surface area (Å²) in [7, 11) is -3.97. The predicted molar refractivity (Wildman–Crippen MR) is 113 cm³/mol. The highest BCUT2D eigenvalue weighted by Crippen LogP contribution is 2.15. The molecule has 1 amide bonds. The lowest BCUT2D eigenvalue weighted by Crippen LogP contribution is -2.27. The molecule has 9 heteroatoms. The van der Waals surface area contributed by atoms with Crippen LogP contribution in [0.4, 0.5) is 10.1 Å². The molecule has 0 aliphatic rings. The predicted octanol–water partition coefficient (Wildman–Crippen LogP) is 3.62. The number of amides is 1. The number of anilines is 1. The molecular formula is C22H16FN3O4S. The van der Waals surface area contributed by atoms with E-state index >= 15 is 0 Å². The number of hydrogen-bond acceptors (Lipinski definition) is 5. The minimum absolute atomic E-state index is 0.00112. The first-order chi connectivity index (χ1) is 14.9. The first-order valence-electron chi connectivity index (χ1n) is 9.13. The van der Waals surface area contributed by atoms with Gasteiger partial charge in [-0.05, 0) is 48.5 Å². The summed E-state index contributed by atoms with van der Waals surface area (Å²) in [5.41, 5.74) is 0.547. The van der Waals surface area contributed by atoms with E-state index in [1.165, 1.54) is 42.5 Å². The number of hydrogen-bond donors (Lipinski definition) is 2. The molecule has 0 spiro atoms. The lowest BCUT2D eigenvalue weighted by molar-refractivity contribution is 0.102. The van der Waals surface area contributed by atoms with Crippen molar-refractivity contribution in [2.45, 2.75) is 4.90 Å². The van der Waals surface area contributed by atoms with Crippen molar-refractivity contribution in [2.75, 3.05) is 5.32 Å². The van der Waals surface area contributed by atoms with Crippen LogP contribution in [0.25, 0.3) is 11.0 Å². The Kier molecular flexibility index (Phi) is 5.50. The Balaban J connectivity index is 1.75. The molecule has 1 aromatic heterocycles. The van der Waals surface area contributed by atoms with E-state index in [1.807, 2.05) is 0 Å². The number of sulfonamides is 1. The fourth-order valence-corrected chi connectivity index (χ4v) is 3.62. The number of nitrogens with zero attached hydrogens (tertiary/aromatic N) is 1. The van der Waals surface area contributed by atoms with Crippen molar-refractivity contribution in [3.8, 4) is 0 Å². The Morgan fingerprint density at radius 1 is 0.903 bits per heavy atom. The lowest BCUT2D eigenvalue weighted by Gasteiger charge is -2.07. The van der Waals surface area contributed by atoms with Crippen LogP contribution in [0.1, 0.15) is 10.4 Å². The highest BCUT2D eigenvalue weighted by molar-refractivity contribution is 7.89. The van der Waals surface area contributed by atoms with Crippen LogP contribution in [-0.4, -0.2) is 14.3 Å². The third-order valence-corrected chi connectivity index (χ3v) is 5.55. The Hall–Kier alpha value is -3.98. The highest BCUT2D eigenvalue weighted by Gasteiger charge is 2.16. The van der Waals surface area contributed by atoms with Crippen LogP contribution in [-0.2, 0) is 10.0 Å². The van der Waals surface area contributed by atoms with E-state index in [2.05, 4.69) is 15.2 Å². The number of benzene rings is 3. The monoisotopic (exact) mass is 437 g/mol. The number of carbonyl (C=O) groups is 1. The van der Waals surface area contributed by atoms with Crippen LogP contribution in [0.2, 0.25) is 0 Å². The third-order valence-electron chi connectivity index (χ3n) is 4.32. The summed E-state index contributed by atoms with van der Waals surface area (Å²) < 4.78 is 43.8. The summed E-state index contributed by atoms with van der Waals surface area (Å²) in [6, 6.07) is 21.4. The summed E-state index contributed by atoms with van der Waals surface area (Å²) in [5.74, 6) is -1.04. The molecule has 0 aliphatic carbocycles. The van der Waals surface area contributed by atoms with Crippen LogP contribution in [0, 0.1) is 5.82 Å². The van der Waals surface area contributed by atoms with Gasteiger partial charge in [0, 0.05) is 11.1 Å². The molecule has 0 saturated heterocycles. The maximum atomic E-state index is 13.1. The molecule has 0 bridgehead atoms. The van der Waals surface area contributed by atoms with Gasteiger partial charge in [-0.3, -0.25) is 4.79 Å². The molecule has 3 aromatic carbocycles. The molecule has 2 N–H and O–H groups in total. The molecule has 4 rings (SSSR count). The average Bonchev–Trinajstić information content (AvgIpc) is 2.79. The number of carbonyl (C=O) groups excluding carboxylic acids is 1. The van der Waals surface area contributed by atoms with Crippen LogP contribution >= 0.6 is 0 Å². The average molecular weight is 437 g/mol. The highest BCUT2D eigenvalue weighted by atomic mass is 32.2. The van der Waals surface area contributed by atoms with Crippen LogP contribution < -0.4 is 15.7 Å². The molecule has 0 saturated carbocycles. The summed E-state index contributed by atoms with van der Waals surface area (Å²) >= 11 is 0. The van der Waals surface area contributed by atoms with Gasteiger partial charge in [0.15, 0.2) is 0 Å². The van der Waals surface area contributed by atoms with Gasteiger partial charge in [0.25, 0.3) is 15.9 Å². The van der Waals surface area contributed by atoms with Crippen molar-refractivity contribution in [1.29, 1.82) is 0 Å². The van der Waals surface area contributed by atoms with Crippen molar-refractivity contribution >= 4 is 32.6 Å². The zero-order valence-corrected chi connectivity index (χ0v) is 16.8. The molecule has 156 valence electrons. The van der Waals surface area contributed by atoms with E-state index in [-0.39, 0.29) is 16.0 Å². The zero-order chi connectivity index (χ0) is 21.8. The lowest BCUT2D eigenvalue weighted by atomic mass is 10.1. The summed E-state index contributed by atoms with van der Waals surface area (Å²) in [5, 5.41) is 7.09. The normalized spacial score (nSPS) is 12.0. The molecule has 1 heterocycles. The number of fused-ring (bicyclic) bond motifs is 1. The molecular weight excluding hydrogens is 421 g/mol. The SMILES string of the molecule is O=C(Nc1ccc(F)cc1)c1cc2ccccc2o/c1=N/NS(=O)(=O)c1ccccc1. The minimum Gasteiger partial charge on any atom is -0.436 e. The van der Waals surface area contributed by atoms with Gasteiger partial charge >= 0.3 is 0 Å². The molecule has 0 radical (unpaired) electrons. The topological polar surface area (TPSA) is 101 Å². The van der Waals surface area contributed by atoms with Crippen LogP contribution in [0.5, 0.6) is 0 Å². The van der Waals surface area contributed by atoms with E-state index in [0.717, 1.165) is 0 Å². The molecule has 31 heavy (non-hydrogen) atoms. The third kappa shape index (κ3) is 4.62. The van der Waals surface area contributed by atoms with Crippen LogP contribution in [0.3, 0.4) is 0 Å². The first-order valence-corrected chi connectivity index (χ1v) is 10.6. The Morgan fingerprint density at radius 2 is 1.58 bits per heavy atom. The van der Waals surface area contributed by atoms with Gasteiger partial charge in [0.1, 0.15) is 17.0 Å². The van der Waals surface area contributed by atoms with E-state index in [1.54, 1.807) is 42.5 Å². The second kappa shape index (κ2) is 8.41. The van der Waals surface area contributed by atoms with Crippen molar-refractivity contribution in [3.63, 3.8) is 0 Å². The van der Waals surface area contributed by atoms with Crippen molar-refractivity contribution in [2.24, 2.45) is 5.10 Å². The standard InChI is InChI=1S/C22H16FN3O4S/c23-16-10-12-17(13-11-16)24-21(27)19-14-15-6-4-5-9-20(15)30-22(19)25-26-31(28,29)18-7-2-1-3-8-18/h1-14,26H,(H,24,27)/b25-22+. The Morgan fingerprint density at radius 3 is 2.32 bits per heavy atom. The number of nitrogens with one attached hydrogen (secondary N) is 2.